The average molecular weight is 279 g/mol. The van der Waals surface area contributed by atoms with Crippen LogP contribution in [0.3, 0.4) is 0 Å². The van der Waals surface area contributed by atoms with Gasteiger partial charge in [-0.2, -0.15) is 0 Å². The number of aryl methyl sites for hydroxylation is 1. The molecule has 20 heavy (non-hydrogen) atoms. The average Bonchev–Trinajstić information content (AvgIpc) is 2.39. The van der Waals surface area contributed by atoms with Crippen LogP contribution in [-0.4, -0.2) is 0 Å². The Labute approximate surface area is 116 Å². The Morgan fingerprint density at radius 3 is 2.35 bits per heavy atom. The van der Waals surface area contributed by atoms with Crippen LogP contribution in [0, 0.1) is 24.4 Å². The van der Waals surface area contributed by atoms with Crippen molar-refractivity contribution >= 4 is 0 Å². The Hall–Kier alpha value is -1.81. The summed E-state index contributed by atoms with van der Waals surface area (Å²) in [5.41, 5.74) is 1.70. The van der Waals surface area contributed by atoms with E-state index in [0.29, 0.717) is 6.54 Å². The van der Waals surface area contributed by atoms with Gasteiger partial charge in [0.2, 0.25) is 0 Å². The summed E-state index contributed by atoms with van der Waals surface area (Å²) in [4.78, 5) is 0. The molecule has 0 bridgehead atoms. The molecule has 0 fully saturated rings. The van der Waals surface area contributed by atoms with Crippen molar-refractivity contribution in [3.05, 3.63) is 70.5 Å². The van der Waals surface area contributed by atoms with Crippen molar-refractivity contribution in [2.24, 2.45) is 0 Å². The van der Waals surface area contributed by atoms with Crippen molar-refractivity contribution < 1.29 is 13.2 Å². The summed E-state index contributed by atoms with van der Waals surface area (Å²) in [5.74, 6) is -1.49. The second kappa shape index (κ2) is 6.09. The van der Waals surface area contributed by atoms with Gasteiger partial charge in [-0.15, -0.1) is 0 Å². The lowest BCUT2D eigenvalue weighted by atomic mass is 10.1. The van der Waals surface area contributed by atoms with Crippen LogP contribution in [0.5, 0.6) is 0 Å². The molecule has 1 nitrogen and oxygen atoms in total. The Kier molecular flexibility index (Phi) is 4.45. The van der Waals surface area contributed by atoms with E-state index in [2.05, 4.69) is 5.32 Å². The molecule has 1 N–H and O–H groups in total. The number of halogens is 3. The van der Waals surface area contributed by atoms with Gasteiger partial charge in [0.25, 0.3) is 0 Å². The minimum atomic E-state index is -0.582. The zero-order valence-corrected chi connectivity index (χ0v) is 11.4. The van der Waals surface area contributed by atoms with E-state index in [1.807, 2.05) is 6.92 Å². The molecule has 2 rings (SSSR count). The zero-order valence-electron chi connectivity index (χ0n) is 11.4. The molecule has 4 heteroatoms. The molecule has 0 aliphatic heterocycles. The van der Waals surface area contributed by atoms with Gasteiger partial charge in [-0.3, -0.25) is 0 Å². The van der Waals surface area contributed by atoms with Gasteiger partial charge >= 0.3 is 0 Å². The topological polar surface area (TPSA) is 12.0 Å². The van der Waals surface area contributed by atoms with Crippen molar-refractivity contribution in [3.8, 4) is 0 Å². The first-order chi connectivity index (χ1) is 9.49. The quantitative estimate of drug-likeness (QED) is 0.881. The lowest BCUT2D eigenvalue weighted by Gasteiger charge is -2.16. The van der Waals surface area contributed by atoms with Crippen molar-refractivity contribution in [2.45, 2.75) is 26.4 Å². The maximum absolute atomic E-state index is 13.6. The van der Waals surface area contributed by atoms with E-state index < -0.39 is 17.7 Å². The van der Waals surface area contributed by atoms with Gasteiger partial charge in [-0.25, -0.2) is 13.2 Å². The van der Waals surface area contributed by atoms with Crippen LogP contribution in [0.25, 0.3) is 0 Å². The molecular formula is C16H16F3N. The van der Waals surface area contributed by atoms with E-state index in [1.54, 1.807) is 13.0 Å². The van der Waals surface area contributed by atoms with Crippen LogP contribution in [0.2, 0.25) is 0 Å². The fraction of sp³-hybridized carbons (Fsp3) is 0.250. The van der Waals surface area contributed by atoms with E-state index >= 15 is 0 Å². The molecule has 106 valence electrons. The summed E-state index contributed by atoms with van der Waals surface area (Å²) >= 11 is 0. The van der Waals surface area contributed by atoms with Crippen LogP contribution in [0.15, 0.2) is 36.4 Å². The number of rotatable bonds is 4. The molecule has 0 aromatic heterocycles. The fourth-order valence-electron chi connectivity index (χ4n) is 2.12. The minimum absolute atomic E-state index is 0.00144. The van der Waals surface area contributed by atoms with Crippen LogP contribution >= 0.6 is 0 Å². The standard InChI is InChI=1S/C16H16F3N/c1-10-6-7-13(17)8-12(10)9-20-11(2)16-14(18)4-3-5-15(16)19/h3-8,11,20H,9H2,1-2H3. The molecule has 0 radical (unpaired) electrons. The van der Waals surface area contributed by atoms with E-state index in [4.69, 9.17) is 0 Å². The predicted octanol–water partition coefficient (Wildman–Crippen LogP) is 4.26. The van der Waals surface area contributed by atoms with E-state index in [1.165, 1.54) is 30.3 Å². The van der Waals surface area contributed by atoms with Crippen molar-refractivity contribution in [1.82, 2.24) is 5.32 Å². The lowest BCUT2D eigenvalue weighted by Crippen LogP contribution is -2.21. The minimum Gasteiger partial charge on any atom is -0.306 e. The summed E-state index contributed by atoms with van der Waals surface area (Å²) in [6.07, 6.45) is 0. The molecule has 0 saturated carbocycles. The second-order valence-corrected chi connectivity index (χ2v) is 4.81. The molecule has 2 aromatic carbocycles. The normalized spacial score (nSPS) is 12.4. The maximum Gasteiger partial charge on any atom is 0.130 e. The largest absolute Gasteiger partial charge is 0.306 e. The first-order valence-electron chi connectivity index (χ1n) is 6.41. The maximum atomic E-state index is 13.6. The highest BCUT2D eigenvalue weighted by atomic mass is 19.1. The SMILES string of the molecule is Cc1ccc(F)cc1CNC(C)c1c(F)cccc1F. The summed E-state index contributed by atoms with van der Waals surface area (Å²) in [5, 5.41) is 3.02. The van der Waals surface area contributed by atoms with Crippen LogP contribution in [-0.2, 0) is 6.54 Å². The monoisotopic (exact) mass is 279 g/mol. The summed E-state index contributed by atoms with van der Waals surface area (Å²) < 4.78 is 40.4. The molecule has 1 unspecified atom stereocenters. The summed E-state index contributed by atoms with van der Waals surface area (Å²) in [6, 6.07) is 7.77. The molecule has 1 atom stereocenters. The Balaban J connectivity index is 2.13. The molecule has 0 amide bonds. The van der Waals surface area contributed by atoms with Crippen LogP contribution in [0.4, 0.5) is 13.2 Å². The van der Waals surface area contributed by atoms with Crippen LogP contribution in [0.1, 0.15) is 29.7 Å². The van der Waals surface area contributed by atoms with Gasteiger partial charge in [0.05, 0.1) is 0 Å². The highest BCUT2D eigenvalue weighted by Gasteiger charge is 2.15. The fourth-order valence-corrected chi connectivity index (χ4v) is 2.12. The third-order valence-electron chi connectivity index (χ3n) is 3.34. The van der Waals surface area contributed by atoms with Crippen molar-refractivity contribution in [2.75, 3.05) is 0 Å². The zero-order chi connectivity index (χ0) is 14.7. The predicted molar refractivity (Wildman–Crippen MR) is 72.7 cm³/mol. The molecule has 0 spiro atoms. The third kappa shape index (κ3) is 3.20. The van der Waals surface area contributed by atoms with E-state index in [9.17, 15) is 13.2 Å². The van der Waals surface area contributed by atoms with Gasteiger partial charge in [-0.1, -0.05) is 12.1 Å². The number of hydrogen-bond acceptors (Lipinski definition) is 1. The summed E-state index contributed by atoms with van der Waals surface area (Å²) in [6.45, 7) is 3.89. The number of nitrogens with one attached hydrogen (secondary N) is 1. The Morgan fingerprint density at radius 1 is 1.05 bits per heavy atom. The van der Waals surface area contributed by atoms with Gasteiger partial charge in [0.1, 0.15) is 17.5 Å². The van der Waals surface area contributed by atoms with Crippen molar-refractivity contribution in [3.63, 3.8) is 0 Å². The third-order valence-corrected chi connectivity index (χ3v) is 3.34. The van der Waals surface area contributed by atoms with Crippen LogP contribution < -0.4 is 5.32 Å². The molecule has 0 aliphatic rings. The van der Waals surface area contributed by atoms with Gasteiger partial charge in [0, 0.05) is 18.2 Å². The molecule has 2 aromatic rings. The molecule has 0 heterocycles. The Bertz CT molecular complexity index is 590. The highest BCUT2D eigenvalue weighted by Crippen LogP contribution is 2.21. The Morgan fingerprint density at radius 2 is 1.70 bits per heavy atom. The smallest absolute Gasteiger partial charge is 0.130 e. The van der Waals surface area contributed by atoms with Gasteiger partial charge in [0.15, 0.2) is 0 Å². The van der Waals surface area contributed by atoms with Gasteiger partial charge in [-0.05, 0) is 49.2 Å². The van der Waals surface area contributed by atoms with E-state index in [-0.39, 0.29) is 11.4 Å². The molecular weight excluding hydrogens is 263 g/mol. The van der Waals surface area contributed by atoms with Crippen molar-refractivity contribution in [1.29, 1.82) is 0 Å². The number of benzene rings is 2. The first-order valence-corrected chi connectivity index (χ1v) is 6.41. The second-order valence-electron chi connectivity index (χ2n) is 4.81. The van der Waals surface area contributed by atoms with Gasteiger partial charge < -0.3 is 5.32 Å². The summed E-state index contributed by atoms with van der Waals surface area (Å²) in [7, 11) is 0. The number of hydrogen-bond donors (Lipinski definition) is 1. The molecule has 0 aliphatic carbocycles. The lowest BCUT2D eigenvalue weighted by molar-refractivity contribution is 0.486. The van der Waals surface area contributed by atoms with E-state index in [0.717, 1.165) is 11.1 Å². The first kappa shape index (κ1) is 14.6. The highest BCUT2D eigenvalue weighted by molar-refractivity contribution is 5.27. The molecule has 0 saturated heterocycles.